The molecule has 0 atom stereocenters. The van der Waals surface area contributed by atoms with Crippen LogP contribution < -0.4 is 16.2 Å². The molecule has 31 heavy (non-hydrogen) atoms. The zero-order valence-corrected chi connectivity index (χ0v) is 17.6. The lowest BCUT2D eigenvalue weighted by atomic mass is 9.97. The van der Waals surface area contributed by atoms with Crippen molar-refractivity contribution in [2.75, 3.05) is 5.32 Å². The van der Waals surface area contributed by atoms with Gasteiger partial charge in [-0.05, 0) is 44.2 Å². The second-order valence-corrected chi connectivity index (χ2v) is 7.74. The summed E-state index contributed by atoms with van der Waals surface area (Å²) in [4.78, 5) is 44.4. The van der Waals surface area contributed by atoms with Crippen LogP contribution in [0.1, 0.15) is 35.4 Å². The molecule has 160 valence electrons. The van der Waals surface area contributed by atoms with Gasteiger partial charge in [-0.2, -0.15) is 9.78 Å². The fourth-order valence-corrected chi connectivity index (χ4v) is 3.71. The van der Waals surface area contributed by atoms with E-state index in [2.05, 4.69) is 25.7 Å². The molecule has 3 N–H and O–H groups in total. The summed E-state index contributed by atoms with van der Waals surface area (Å²) in [5, 5.41) is 9.88. The summed E-state index contributed by atoms with van der Waals surface area (Å²) in [7, 11) is 0. The number of amides is 2. The van der Waals surface area contributed by atoms with Gasteiger partial charge in [-0.25, -0.2) is 4.98 Å². The maximum atomic E-state index is 12.5. The zero-order valence-electron chi connectivity index (χ0n) is 16.9. The van der Waals surface area contributed by atoms with Crippen LogP contribution in [-0.2, 0) is 29.0 Å². The number of hydrogen-bond acceptors (Lipinski definition) is 5. The van der Waals surface area contributed by atoms with E-state index in [1.54, 1.807) is 37.3 Å². The van der Waals surface area contributed by atoms with Crippen molar-refractivity contribution in [1.29, 1.82) is 0 Å². The van der Waals surface area contributed by atoms with Crippen LogP contribution in [0.15, 0.2) is 35.1 Å². The number of benzene rings is 1. The van der Waals surface area contributed by atoms with Gasteiger partial charge in [0, 0.05) is 23.2 Å². The molecule has 0 fully saturated rings. The highest BCUT2D eigenvalue weighted by Gasteiger charge is 2.21. The van der Waals surface area contributed by atoms with Crippen LogP contribution in [0.5, 0.6) is 0 Å². The molecular formula is C21H21ClN6O3. The Labute approximate surface area is 182 Å². The Morgan fingerprint density at radius 2 is 1.97 bits per heavy atom. The Morgan fingerprint density at radius 3 is 2.77 bits per heavy atom. The first-order valence-electron chi connectivity index (χ1n) is 9.94. The van der Waals surface area contributed by atoms with Gasteiger partial charge in [0.2, 0.25) is 5.95 Å². The van der Waals surface area contributed by atoms with Gasteiger partial charge >= 0.3 is 11.8 Å². The number of rotatable bonds is 4. The number of hydrogen-bond donors (Lipinski definition) is 3. The van der Waals surface area contributed by atoms with Crippen LogP contribution in [0, 0.1) is 6.92 Å². The Morgan fingerprint density at radius 1 is 1.19 bits per heavy atom. The molecule has 3 aromatic rings. The summed E-state index contributed by atoms with van der Waals surface area (Å²) in [6.45, 7) is 1.85. The minimum absolute atomic E-state index is 0.115. The lowest BCUT2D eigenvalue weighted by molar-refractivity contribution is -0.136. The number of fused-ring (bicyclic) bond motifs is 1. The van der Waals surface area contributed by atoms with Gasteiger partial charge < -0.3 is 10.6 Å². The number of anilines is 1. The van der Waals surface area contributed by atoms with Crippen LogP contribution >= 0.6 is 11.6 Å². The number of nitrogens with zero attached hydrogens (tertiary/aromatic N) is 3. The van der Waals surface area contributed by atoms with Crippen LogP contribution in [0.3, 0.4) is 0 Å². The number of carbonyl (C=O) groups excluding carboxylic acids is 2. The second-order valence-electron chi connectivity index (χ2n) is 7.33. The molecule has 1 aromatic carbocycles. The maximum absolute atomic E-state index is 12.5. The molecule has 0 saturated heterocycles. The smallest absolute Gasteiger partial charge is 0.314 e. The molecule has 0 unspecified atom stereocenters. The van der Waals surface area contributed by atoms with Crippen molar-refractivity contribution in [3.05, 3.63) is 68.2 Å². The van der Waals surface area contributed by atoms with Gasteiger partial charge in [0.1, 0.15) is 5.82 Å². The van der Waals surface area contributed by atoms with E-state index in [4.69, 9.17) is 11.6 Å². The van der Waals surface area contributed by atoms with Crippen LogP contribution in [-0.4, -0.2) is 31.6 Å². The first-order chi connectivity index (χ1) is 14.9. The van der Waals surface area contributed by atoms with Crippen molar-refractivity contribution in [2.45, 2.75) is 39.2 Å². The predicted molar refractivity (Wildman–Crippen MR) is 115 cm³/mol. The lowest BCUT2D eigenvalue weighted by Gasteiger charge is -2.15. The molecule has 0 radical (unpaired) electrons. The summed E-state index contributed by atoms with van der Waals surface area (Å²) in [5.41, 5.74) is 2.52. The molecule has 2 aromatic heterocycles. The standard InChI is InChI=1S/C21H21ClN6O3/c1-12-10-17(25-20(31)19(30)23-11-13-6-2-4-8-15(13)22)28(27-12)21-24-16-9-5-3-7-14(16)18(29)26-21/h2,4,6,8,10H,3,5,7,9,11H2,1H3,(H,23,30)(H,25,31)(H,24,26,29). The molecule has 0 bridgehead atoms. The van der Waals surface area contributed by atoms with Gasteiger partial charge in [-0.1, -0.05) is 29.8 Å². The molecule has 0 aliphatic heterocycles. The Balaban J connectivity index is 1.52. The van der Waals surface area contributed by atoms with Gasteiger partial charge in [0.15, 0.2) is 0 Å². The van der Waals surface area contributed by atoms with Crippen molar-refractivity contribution in [1.82, 2.24) is 25.1 Å². The minimum atomic E-state index is -0.867. The van der Waals surface area contributed by atoms with Crippen molar-refractivity contribution < 1.29 is 9.59 Å². The molecule has 0 spiro atoms. The van der Waals surface area contributed by atoms with E-state index in [1.807, 2.05) is 0 Å². The van der Waals surface area contributed by atoms with E-state index < -0.39 is 11.8 Å². The molecule has 4 rings (SSSR count). The van der Waals surface area contributed by atoms with Gasteiger partial charge in [-0.3, -0.25) is 19.4 Å². The van der Waals surface area contributed by atoms with Crippen LogP contribution in [0.25, 0.3) is 5.95 Å². The monoisotopic (exact) mass is 440 g/mol. The summed E-state index contributed by atoms with van der Waals surface area (Å²) in [5.74, 6) is -1.26. The van der Waals surface area contributed by atoms with Crippen molar-refractivity contribution in [3.63, 3.8) is 0 Å². The van der Waals surface area contributed by atoms with E-state index in [0.29, 0.717) is 28.3 Å². The number of H-pyrrole nitrogens is 1. The summed E-state index contributed by atoms with van der Waals surface area (Å²) in [6.07, 6.45) is 3.35. The van der Waals surface area contributed by atoms with Crippen molar-refractivity contribution in [2.24, 2.45) is 0 Å². The van der Waals surface area contributed by atoms with E-state index in [-0.39, 0.29) is 23.9 Å². The summed E-state index contributed by atoms with van der Waals surface area (Å²) in [6, 6.07) is 8.64. The van der Waals surface area contributed by atoms with E-state index >= 15 is 0 Å². The fraction of sp³-hybridized carbons (Fsp3) is 0.286. The Kier molecular flexibility index (Phi) is 5.85. The number of nitrogens with one attached hydrogen (secondary N) is 3. The summed E-state index contributed by atoms with van der Waals surface area (Å²) >= 11 is 6.07. The third-order valence-corrected chi connectivity index (χ3v) is 5.42. The minimum Gasteiger partial charge on any atom is -0.344 e. The molecule has 10 heteroatoms. The van der Waals surface area contributed by atoms with E-state index in [1.165, 1.54) is 4.68 Å². The predicted octanol–water partition coefficient (Wildman–Crippen LogP) is 2.05. The van der Waals surface area contributed by atoms with E-state index in [9.17, 15) is 14.4 Å². The highest BCUT2D eigenvalue weighted by molar-refractivity contribution is 6.39. The van der Waals surface area contributed by atoms with Gasteiger partial charge in [-0.15, -0.1) is 0 Å². The fourth-order valence-electron chi connectivity index (χ4n) is 3.51. The number of halogens is 1. The second kappa shape index (κ2) is 8.73. The van der Waals surface area contributed by atoms with Gasteiger partial charge in [0.05, 0.1) is 11.4 Å². The molecule has 1 aliphatic rings. The maximum Gasteiger partial charge on any atom is 0.314 e. The number of aromatic amines is 1. The summed E-state index contributed by atoms with van der Waals surface area (Å²) < 4.78 is 1.32. The third kappa shape index (κ3) is 4.51. The number of aryl methyl sites for hydroxylation is 2. The molecule has 2 amide bonds. The van der Waals surface area contributed by atoms with Crippen LogP contribution in [0.4, 0.5) is 5.82 Å². The number of carbonyl (C=O) groups is 2. The average molecular weight is 441 g/mol. The molecule has 1 aliphatic carbocycles. The molecule has 0 saturated carbocycles. The van der Waals surface area contributed by atoms with Gasteiger partial charge in [0.25, 0.3) is 5.56 Å². The largest absolute Gasteiger partial charge is 0.344 e. The first-order valence-corrected chi connectivity index (χ1v) is 10.3. The molecule has 9 nitrogen and oxygen atoms in total. The van der Waals surface area contributed by atoms with E-state index in [0.717, 1.165) is 25.0 Å². The number of aromatic nitrogens is 4. The third-order valence-electron chi connectivity index (χ3n) is 5.06. The normalized spacial score (nSPS) is 12.8. The zero-order chi connectivity index (χ0) is 22.0. The highest BCUT2D eigenvalue weighted by atomic mass is 35.5. The van der Waals surface area contributed by atoms with Crippen molar-refractivity contribution >= 4 is 29.2 Å². The molecule has 2 heterocycles. The van der Waals surface area contributed by atoms with Crippen LogP contribution in [0.2, 0.25) is 5.02 Å². The lowest BCUT2D eigenvalue weighted by Crippen LogP contribution is -2.35. The Bertz CT molecular complexity index is 1220. The highest BCUT2D eigenvalue weighted by Crippen LogP contribution is 2.19. The van der Waals surface area contributed by atoms with Crippen molar-refractivity contribution in [3.8, 4) is 5.95 Å². The topological polar surface area (TPSA) is 122 Å². The first kappa shape index (κ1) is 20.8. The average Bonchev–Trinajstić information content (AvgIpc) is 3.13. The quantitative estimate of drug-likeness (QED) is 0.536. The molecular weight excluding hydrogens is 420 g/mol. The Hall–Kier alpha value is -3.46. The SMILES string of the molecule is Cc1cc(NC(=O)C(=O)NCc2ccccc2Cl)n(-c2nc3c(c(=O)[nH]2)CCCC3)n1.